The van der Waals surface area contributed by atoms with Crippen molar-refractivity contribution in [1.29, 1.82) is 0 Å². The second kappa shape index (κ2) is 13.1. The summed E-state index contributed by atoms with van der Waals surface area (Å²) in [7, 11) is 2.37. The molecule has 0 N–H and O–H groups in total. The van der Waals surface area contributed by atoms with Crippen LogP contribution in [0.15, 0.2) is 42.5 Å². The molecule has 0 spiro atoms. The van der Waals surface area contributed by atoms with Crippen LogP contribution in [0.25, 0.3) is 0 Å². The Hall–Kier alpha value is -4.38. The number of aryl methyl sites for hydroxylation is 1. The number of benzene rings is 2. The normalized spacial score (nSPS) is 21.0. The van der Waals surface area contributed by atoms with Crippen LogP contribution in [0.5, 0.6) is 0 Å². The average Bonchev–Trinajstić information content (AvgIpc) is 3.50. The molecule has 1 saturated carbocycles. The molecule has 3 aromatic rings. The predicted octanol–water partition coefficient (Wildman–Crippen LogP) is 7.57. The zero-order valence-electron chi connectivity index (χ0n) is 27.1. The number of fused-ring (bicyclic) bond motifs is 1. The summed E-state index contributed by atoms with van der Waals surface area (Å²) in [5.74, 6) is -2.46. The summed E-state index contributed by atoms with van der Waals surface area (Å²) in [6, 6.07) is 4.94. The Bertz CT molecular complexity index is 1700. The third-order valence-electron chi connectivity index (χ3n) is 9.64. The first kappa shape index (κ1) is 36.9. The fraction of sp³-hybridized carbons (Fsp3) is 0.531. The number of aromatic nitrogens is 4. The molecule has 50 heavy (non-hydrogen) atoms. The summed E-state index contributed by atoms with van der Waals surface area (Å²) in [5, 5.41) is 11.6. The van der Waals surface area contributed by atoms with Crippen molar-refractivity contribution in [2.45, 2.75) is 88.5 Å². The van der Waals surface area contributed by atoms with E-state index < -0.39 is 83.5 Å². The summed E-state index contributed by atoms with van der Waals surface area (Å²) in [4.78, 5) is 30.5. The number of rotatable bonds is 7. The van der Waals surface area contributed by atoms with E-state index in [0.29, 0.717) is 36.3 Å². The Morgan fingerprint density at radius 1 is 0.940 bits per heavy atom. The Balaban J connectivity index is 1.74. The van der Waals surface area contributed by atoms with Crippen molar-refractivity contribution in [2.24, 2.45) is 12.5 Å². The van der Waals surface area contributed by atoms with Crippen LogP contribution in [0.1, 0.15) is 80.2 Å². The molecule has 0 saturated heterocycles. The number of alkyl halides is 9. The van der Waals surface area contributed by atoms with Crippen molar-refractivity contribution in [3.05, 3.63) is 64.7 Å². The predicted molar refractivity (Wildman–Crippen MR) is 159 cm³/mol. The van der Waals surface area contributed by atoms with Crippen LogP contribution < -0.4 is 9.80 Å². The maximum Gasteiger partial charge on any atom is 0.416 e. The molecule has 2 unspecified atom stereocenters. The zero-order valence-corrected chi connectivity index (χ0v) is 27.1. The number of methoxy groups -OCH3 is 1. The molecule has 2 aliphatic rings. The molecular formula is C32H33F9N6O3. The smallest absolute Gasteiger partial charge is 0.416 e. The molecule has 1 aromatic heterocycles. The van der Waals surface area contributed by atoms with Crippen molar-refractivity contribution in [3.63, 3.8) is 0 Å². The van der Waals surface area contributed by atoms with Crippen molar-refractivity contribution in [2.75, 3.05) is 16.9 Å². The molecule has 272 valence electrons. The van der Waals surface area contributed by atoms with E-state index >= 15 is 13.2 Å². The highest BCUT2D eigenvalue weighted by Gasteiger charge is 2.66. The maximum atomic E-state index is 15.7. The van der Waals surface area contributed by atoms with Crippen LogP contribution in [0.3, 0.4) is 0 Å². The van der Waals surface area contributed by atoms with Crippen molar-refractivity contribution in [3.8, 4) is 0 Å². The molecule has 1 aliphatic heterocycles. The van der Waals surface area contributed by atoms with Gasteiger partial charge in [0.15, 0.2) is 0 Å². The van der Waals surface area contributed by atoms with Gasteiger partial charge in [-0.25, -0.2) is 0 Å². The average molecular weight is 721 g/mol. The van der Waals surface area contributed by atoms with Gasteiger partial charge in [-0.3, -0.25) is 14.5 Å². The van der Waals surface area contributed by atoms with Crippen molar-refractivity contribution in [1.82, 2.24) is 20.2 Å². The highest BCUT2D eigenvalue weighted by Crippen LogP contribution is 2.56. The number of carbonyl (C=O) groups excluding carboxylic acids is 2. The summed E-state index contributed by atoms with van der Waals surface area (Å²) < 4.78 is 135. The van der Waals surface area contributed by atoms with Gasteiger partial charge in [0.05, 0.1) is 31.3 Å². The van der Waals surface area contributed by atoms with E-state index in [1.165, 1.54) is 38.2 Å². The third-order valence-corrected chi connectivity index (χ3v) is 9.64. The van der Waals surface area contributed by atoms with Gasteiger partial charge in [0.25, 0.3) is 5.95 Å². The van der Waals surface area contributed by atoms with Crippen molar-refractivity contribution < 1.29 is 53.8 Å². The van der Waals surface area contributed by atoms with Gasteiger partial charge in [-0.1, -0.05) is 49.5 Å². The van der Waals surface area contributed by atoms with E-state index in [-0.39, 0.29) is 36.1 Å². The number of nitrogens with zero attached hydrogens (tertiary/aromatic N) is 6. The number of carbonyl (C=O) groups is 2. The van der Waals surface area contributed by atoms with Gasteiger partial charge >= 0.3 is 24.5 Å². The van der Waals surface area contributed by atoms with Crippen LogP contribution >= 0.6 is 0 Å². The number of tetrazole rings is 1. The lowest BCUT2D eigenvalue weighted by Crippen LogP contribution is -2.68. The summed E-state index contributed by atoms with van der Waals surface area (Å²) in [6.45, 7) is 0.396. The molecule has 5 rings (SSSR count). The van der Waals surface area contributed by atoms with Crippen LogP contribution in [0, 0.1) is 5.41 Å². The molecule has 2 atom stereocenters. The summed E-state index contributed by atoms with van der Waals surface area (Å²) >= 11 is 0. The van der Waals surface area contributed by atoms with E-state index in [4.69, 9.17) is 4.74 Å². The molecule has 2 aromatic carbocycles. The highest BCUT2D eigenvalue weighted by molar-refractivity contribution is 6.11. The summed E-state index contributed by atoms with van der Waals surface area (Å²) in [5.41, 5.74) is -8.88. The van der Waals surface area contributed by atoms with Gasteiger partial charge in [0, 0.05) is 18.7 Å². The van der Waals surface area contributed by atoms with Crippen LogP contribution in [-0.2, 0) is 40.3 Å². The monoisotopic (exact) mass is 720 g/mol. The van der Waals surface area contributed by atoms with E-state index in [1.54, 1.807) is 0 Å². The fourth-order valence-corrected chi connectivity index (χ4v) is 7.14. The number of para-hydroxylation sites is 1. The van der Waals surface area contributed by atoms with Crippen molar-refractivity contribution >= 4 is 23.5 Å². The van der Waals surface area contributed by atoms with E-state index in [9.17, 15) is 35.9 Å². The molecule has 1 amide bonds. The molecule has 1 fully saturated rings. The molecular weight excluding hydrogens is 687 g/mol. The highest BCUT2D eigenvalue weighted by atomic mass is 19.4. The largest absolute Gasteiger partial charge is 0.468 e. The minimum atomic E-state index is -5.19. The number of anilines is 2. The Morgan fingerprint density at radius 2 is 1.54 bits per heavy atom. The first-order valence-electron chi connectivity index (χ1n) is 15.7. The van der Waals surface area contributed by atoms with Gasteiger partial charge in [-0.15, -0.1) is 5.10 Å². The SMILES string of the molecule is CCC1(C(F)(F)F)CC(N(Cc2cc(C(F)(F)F)cc(C(F)(F)F)c2)c2nnn(C)n2)c2ccccc2N1C(=O)C1(C(=O)OC)CCCCC1. The first-order chi connectivity index (χ1) is 23.3. The van der Waals surface area contributed by atoms with E-state index in [2.05, 4.69) is 15.4 Å². The lowest BCUT2D eigenvalue weighted by Gasteiger charge is -2.54. The minimum absolute atomic E-state index is 0.0506. The van der Waals surface area contributed by atoms with E-state index in [0.717, 1.165) is 16.8 Å². The summed E-state index contributed by atoms with van der Waals surface area (Å²) in [6.07, 6.45) is -15.9. The van der Waals surface area contributed by atoms with Gasteiger partial charge in [0.2, 0.25) is 5.91 Å². The number of ether oxygens (including phenoxy) is 1. The molecule has 1 aliphatic carbocycles. The standard InChI is InChI=1S/C32H33F9N6O3/c1-4-29(32(39,40)41)17-24(22-10-6-7-11-23(22)47(29)25(48)28(26(49)50-3)12-8-5-9-13-28)46(27-42-44-45(2)43-27)18-19-14-20(30(33,34)35)16-21(15-19)31(36,37)38/h6-7,10-11,14-16,24H,4-5,8-9,12-13,17-18H2,1-3H3. The molecule has 0 bridgehead atoms. The fourth-order valence-electron chi connectivity index (χ4n) is 7.14. The van der Waals surface area contributed by atoms with E-state index in [1.807, 2.05) is 0 Å². The zero-order chi connectivity index (χ0) is 36.9. The first-order valence-corrected chi connectivity index (χ1v) is 15.7. The Labute approximate surface area is 280 Å². The second-order valence-electron chi connectivity index (χ2n) is 12.6. The second-order valence-corrected chi connectivity index (χ2v) is 12.6. The maximum absolute atomic E-state index is 15.7. The quantitative estimate of drug-likeness (QED) is 0.141. The number of amides is 1. The number of hydrogen-bond donors (Lipinski definition) is 0. The Morgan fingerprint density at radius 3 is 2.04 bits per heavy atom. The molecule has 18 heteroatoms. The molecule has 9 nitrogen and oxygen atoms in total. The minimum Gasteiger partial charge on any atom is -0.468 e. The number of halogens is 9. The van der Waals surface area contributed by atoms with Gasteiger partial charge in [0.1, 0.15) is 11.0 Å². The van der Waals surface area contributed by atoms with Gasteiger partial charge < -0.3 is 9.64 Å². The molecule has 0 radical (unpaired) electrons. The Kier molecular flexibility index (Phi) is 9.64. The topological polar surface area (TPSA) is 93.5 Å². The van der Waals surface area contributed by atoms with Crippen LogP contribution in [0.4, 0.5) is 51.1 Å². The van der Waals surface area contributed by atoms with Crippen LogP contribution in [0.2, 0.25) is 0 Å². The number of esters is 1. The molecule has 2 heterocycles. The lowest BCUT2D eigenvalue weighted by atomic mass is 9.70. The van der Waals surface area contributed by atoms with Gasteiger partial charge in [-0.2, -0.15) is 44.3 Å². The van der Waals surface area contributed by atoms with Crippen LogP contribution in [-0.4, -0.2) is 50.9 Å². The third kappa shape index (κ3) is 6.48. The number of hydrogen-bond acceptors (Lipinski definition) is 7. The van der Waals surface area contributed by atoms with Gasteiger partial charge in [-0.05, 0) is 59.9 Å². The lowest BCUT2D eigenvalue weighted by molar-refractivity contribution is -0.197.